The Morgan fingerprint density at radius 2 is 1.45 bits per heavy atom. The van der Waals surface area contributed by atoms with Crippen LogP contribution in [-0.2, 0) is 10.5 Å². The summed E-state index contributed by atoms with van der Waals surface area (Å²) in [6.45, 7) is 4.82. The van der Waals surface area contributed by atoms with Crippen molar-refractivity contribution in [3.8, 4) is 11.5 Å². The van der Waals surface area contributed by atoms with Crippen molar-refractivity contribution in [2.24, 2.45) is 0 Å². The maximum Gasteiger partial charge on any atom is 0.262 e. The Morgan fingerprint density at radius 1 is 0.925 bits per heavy atom. The summed E-state index contributed by atoms with van der Waals surface area (Å²) < 4.78 is 11.8. The second kappa shape index (κ2) is 12.0. The van der Waals surface area contributed by atoms with E-state index in [1.165, 1.54) is 0 Å². The molecule has 0 saturated carbocycles. The third-order valence-corrected chi connectivity index (χ3v) is 8.07. The highest BCUT2D eigenvalue weighted by atomic mass is 35.5. The van der Waals surface area contributed by atoms with E-state index in [2.05, 4.69) is 10.6 Å². The van der Waals surface area contributed by atoms with Gasteiger partial charge in [-0.15, -0.1) is 0 Å². The van der Waals surface area contributed by atoms with Crippen LogP contribution in [0.2, 0.25) is 10.0 Å². The minimum Gasteiger partial charge on any atom is -0.497 e. The van der Waals surface area contributed by atoms with Crippen molar-refractivity contribution in [3.63, 3.8) is 0 Å². The Kier molecular flexibility index (Phi) is 8.59. The van der Waals surface area contributed by atoms with E-state index in [0.717, 1.165) is 11.1 Å². The first-order chi connectivity index (χ1) is 19.2. The van der Waals surface area contributed by atoms with Gasteiger partial charge in [-0.05, 0) is 74.2 Å². The zero-order valence-electron chi connectivity index (χ0n) is 22.9. The minimum atomic E-state index is -1.34. The average Bonchev–Trinajstić information content (AvgIpc) is 3.35. The highest BCUT2D eigenvalue weighted by Gasteiger charge is 2.54. The Hall–Kier alpha value is -2.81. The van der Waals surface area contributed by atoms with E-state index in [-0.39, 0.29) is 24.1 Å². The number of hydrogen-bond acceptors (Lipinski definition) is 6. The molecule has 2 heterocycles. The van der Waals surface area contributed by atoms with Gasteiger partial charge in [0.2, 0.25) is 0 Å². The molecule has 3 N–H and O–H groups in total. The molecule has 2 aliphatic rings. The lowest BCUT2D eigenvalue weighted by Crippen LogP contribution is -2.60. The fraction of sp³-hybridized carbons (Fsp3) is 0.387. The molecule has 40 heavy (non-hydrogen) atoms. The number of ether oxygens (including phenoxy) is 2. The van der Waals surface area contributed by atoms with Gasteiger partial charge in [0, 0.05) is 34.8 Å². The first kappa shape index (κ1) is 28.7. The molecule has 2 fully saturated rings. The van der Waals surface area contributed by atoms with E-state index in [1.54, 1.807) is 7.11 Å². The molecular weight excluding hydrogens is 549 g/mol. The van der Waals surface area contributed by atoms with Gasteiger partial charge in [-0.2, -0.15) is 0 Å². The SMILES string of the molecule is COc1ccc(C2(C(=O)N3CCC(O)CC3)NC(c3ccc(Cl)cc3)C(c3ccc(Cl)cc3)N2)c(OC(C)C)c1. The van der Waals surface area contributed by atoms with Crippen LogP contribution in [0.25, 0.3) is 0 Å². The fourth-order valence-electron chi connectivity index (χ4n) is 5.56. The lowest BCUT2D eigenvalue weighted by atomic mass is 9.95. The Morgan fingerprint density at radius 3 is 1.93 bits per heavy atom. The Balaban J connectivity index is 1.68. The standard InChI is InChI=1S/C31H35Cl2N3O4/c1-19(2)40-27-18-25(39-3)12-13-26(27)31(30(38)36-16-14-24(37)15-17-36)34-28(20-4-8-22(32)9-5-20)29(35-31)21-6-10-23(33)11-7-21/h4-13,18-19,24,28-29,34-35,37H,14-17H2,1-3H3. The monoisotopic (exact) mass is 583 g/mol. The van der Waals surface area contributed by atoms with Crippen molar-refractivity contribution in [1.29, 1.82) is 0 Å². The maximum absolute atomic E-state index is 14.7. The number of rotatable bonds is 7. The summed E-state index contributed by atoms with van der Waals surface area (Å²) in [4.78, 5) is 16.5. The largest absolute Gasteiger partial charge is 0.497 e. The van der Waals surface area contributed by atoms with Crippen molar-refractivity contribution in [2.75, 3.05) is 20.2 Å². The fourth-order valence-corrected chi connectivity index (χ4v) is 5.81. The maximum atomic E-state index is 14.7. The summed E-state index contributed by atoms with van der Waals surface area (Å²) in [5, 5.41) is 18.9. The number of benzene rings is 3. The van der Waals surface area contributed by atoms with Crippen LogP contribution in [0.4, 0.5) is 0 Å². The molecule has 0 radical (unpaired) electrons. The molecule has 0 aromatic heterocycles. The van der Waals surface area contributed by atoms with Crippen molar-refractivity contribution in [2.45, 2.75) is 56.6 Å². The van der Waals surface area contributed by atoms with Gasteiger partial charge in [-0.1, -0.05) is 47.5 Å². The van der Waals surface area contributed by atoms with E-state index in [0.29, 0.717) is 53.0 Å². The molecule has 0 aliphatic carbocycles. The van der Waals surface area contributed by atoms with Crippen LogP contribution < -0.4 is 20.1 Å². The number of nitrogens with one attached hydrogen (secondary N) is 2. The molecule has 3 aromatic carbocycles. The van der Waals surface area contributed by atoms with Crippen LogP contribution in [0.5, 0.6) is 11.5 Å². The zero-order valence-corrected chi connectivity index (χ0v) is 24.4. The van der Waals surface area contributed by atoms with Crippen molar-refractivity contribution >= 4 is 29.1 Å². The number of likely N-dealkylation sites (tertiary alicyclic amines) is 1. The molecule has 2 atom stereocenters. The first-order valence-electron chi connectivity index (χ1n) is 13.6. The number of methoxy groups -OCH3 is 1. The van der Waals surface area contributed by atoms with Gasteiger partial charge in [-0.3, -0.25) is 15.4 Å². The predicted molar refractivity (Wildman–Crippen MR) is 157 cm³/mol. The number of nitrogens with zero attached hydrogens (tertiary/aromatic N) is 1. The smallest absolute Gasteiger partial charge is 0.262 e. The van der Waals surface area contributed by atoms with E-state index in [4.69, 9.17) is 32.7 Å². The normalized spacial score (nSPS) is 23.4. The number of carbonyl (C=O) groups excluding carboxylic acids is 1. The van der Waals surface area contributed by atoms with E-state index in [1.807, 2.05) is 85.5 Å². The lowest BCUT2D eigenvalue weighted by molar-refractivity contribution is -0.141. The molecule has 212 valence electrons. The van der Waals surface area contributed by atoms with Gasteiger partial charge in [0.15, 0.2) is 5.66 Å². The van der Waals surface area contributed by atoms with Gasteiger partial charge < -0.3 is 19.5 Å². The van der Waals surface area contributed by atoms with Crippen LogP contribution >= 0.6 is 23.2 Å². The zero-order chi connectivity index (χ0) is 28.4. The highest BCUT2D eigenvalue weighted by Crippen LogP contribution is 2.45. The molecular formula is C31H35Cl2N3O4. The van der Waals surface area contributed by atoms with Gasteiger partial charge in [0.25, 0.3) is 5.91 Å². The molecule has 2 aliphatic heterocycles. The summed E-state index contributed by atoms with van der Waals surface area (Å²) in [5.74, 6) is 1.05. The van der Waals surface area contributed by atoms with Gasteiger partial charge in [0.05, 0.1) is 31.4 Å². The summed E-state index contributed by atoms with van der Waals surface area (Å²) in [5.41, 5.74) is 1.27. The van der Waals surface area contributed by atoms with Crippen LogP contribution in [0.15, 0.2) is 66.7 Å². The minimum absolute atomic E-state index is 0.131. The summed E-state index contributed by atoms with van der Waals surface area (Å²) in [7, 11) is 1.60. The van der Waals surface area contributed by atoms with Crippen molar-refractivity contribution < 1.29 is 19.4 Å². The quantitative estimate of drug-likeness (QED) is 0.336. The van der Waals surface area contributed by atoms with E-state index >= 15 is 0 Å². The molecule has 0 spiro atoms. The number of aliphatic hydroxyl groups excluding tert-OH is 1. The van der Waals surface area contributed by atoms with Gasteiger partial charge in [-0.25, -0.2) is 0 Å². The summed E-state index contributed by atoms with van der Waals surface area (Å²) in [6.07, 6.45) is 0.514. The second-order valence-electron chi connectivity index (χ2n) is 10.6. The van der Waals surface area contributed by atoms with Crippen molar-refractivity contribution in [3.05, 3.63) is 93.5 Å². The number of piperidine rings is 1. The average molecular weight is 585 g/mol. The molecule has 2 unspecified atom stereocenters. The Labute approximate surface area is 245 Å². The molecule has 7 nitrogen and oxygen atoms in total. The summed E-state index contributed by atoms with van der Waals surface area (Å²) in [6, 6.07) is 20.3. The van der Waals surface area contributed by atoms with E-state index < -0.39 is 11.8 Å². The predicted octanol–water partition coefficient (Wildman–Crippen LogP) is 5.60. The molecule has 1 amide bonds. The molecule has 3 aromatic rings. The summed E-state index contributed by atoms with van der Waals surface area (Å²) >= 11 is 12.5. The number of halogens is 2. The highest BCUT2D eigenvalue weighted by molar-refractivity contribution is 6.30. The molecule has 5 rings (SSSR count). The second-order valence-corrected chi connectivity index (χ2v) is 11.5. The van der Waals surface area contributed by atoms with Crippen LogP contribution in [-0.4, -0.2) is 48.3 Å². The van der Waals surface area contributed by atoms with Crippen molar-refractivity contribution in [1.82, 2.24) is 15.5 Å². The number of carbonyl (C=O) groups is 1. The van der Waals surface area contributed by atoms with Crippen LogP contribution in [0.3, 0.4) is 0 Å². The topological polar surface area (TPSA) is 83.1 Å². The van der Waals surface area contributed by atoms with Crippen LogP contribution in [0, 0.1) is 0 Å². The van der Waals surface area contributed by atoms with E-state index in [9.17, 15) is 9.90 Å². The number of amides is 1. The Bertz CT molecular complexity index is 1270. The van der Waals surface area contributed by atoms with Gasteiger partial charge in [0.1, 0.15) is 11.5 Å². The number of hydrogen-bond donors (Lipinski definition) is 3. The third-order valence-electron chi connectivity index (χ3n) is 7.56. The first-order valence-corrected chi connectivity index (χ1v) is 14.3. The van der Waals surface area contributed by atoms with Gasteiger partial charge >= 0.3 is 0 Å². The number of aliphatic hydroxyl groups is 1. The molecule has 9 heteroatoms. The molecule has 2 saturated heterocycles. The lowest BCUT2D eigenvalue weighted by Gasteiger charge is -2.39. The van der Waals surface area contributed by atoms with Crippen LogP contribution in [0.1, 0.15) is 55.5 Å². The molecule has 0 bridgehead atoms. The third kappa shape index (κ3) is 5.80.